The molecule has 0 aliphatic carbocycles. The first-order chi connectivity index (χ1) is 8.81. The number of nitriles is 1. The van der Waals surface area contributed by atoms with Crippen molar-refractivity contribution in [2.24, 2.45) is 5.41 Å². The summed E-state index contributed by atoms with van der Waals surface area (Å²) in [5.41, 5.74) is 1.65. The number of hydrogen-bond acceptors (Lipinski definition) is 5. The SMILES string of the molecule is N#CC1(Cc2nc(-c3ccncc3)cs2)COC1. The lowest BCUT2D eigenvalue weighted by atomic mass is 9.84. The van der Waals surface area contributed by atoms with E-state index in [1.165, 1.54) is 0 Å². The number of thiazole rings is 1. The first kappa shape index (κ1) is 11.3. The van der Waals surface area contributed by atoms with Crippen LogP contribution in [-0.2, 0) is 11.2 Å². The summed E-state index contributed by atoms with van der Waals surface area (Å²) < 4.78 is 5.14. The van der Waals surface area contributed by atoms with Gasteiger partial charge in [-0.2, -0.15) is 5.26 Å². The van der Waals surface area contributed by atoms with Gasteiger partial charge in [0.05, 0.1) is 30.0 Å². The summed E-state index contributed by atoms with van der Waals surface area (Å²) in [5.74, 6) is 0. The van der Waals surface area contributed by atoms with Gasteiger partial charge >= 0.3 is 0 Å². The highest BCUT2D eigenvalue weighted by atomic mass is 32.1. The number of rotatable bonds is 3. The Labute approximate surface area is 109 Å². The molecule has 1 aliphatic heterocycles. The molecule has 2 aromatic rings. The van der Waals surface area contributed by atoms with E-state index in [4.69, 9.17) is 10.00 Å². The molecule has 2 aromatic heterocycles. The van der Waals surface area contributed by atoms with Gasteiger partial charge in [-0.3, -0.25) is 4.98 Å². The predicted molar refractivity (Wildman–Crippen MR) is 67.9 cm³/mol. The molecule has 0 bridgehead atoms. The third-order valence-corrected chi connectivity index (χ3v) is 3.86. The minimum absolute atomic E-state index is 0.354. The average Bonchev–Trinajstić information content (AvgIpc) is 2.83. The largest absolute Gasteiger partial charge is 0.378 e. The van der Waals surface area contributed by atoms with Gasteiger partial charge in [-0.1, -0.05) is 0 Å². The van der Waals surface area contributed by atoms with Crippen LogP contribution in [0.2, 0.25) is 0 Å². The van der Waals surface area contributed by atoms with Crippen LogP contribution < -0.4 is 0 Å². The van der Waals surface area contributed by atoms with Gasteiger partial charge in [0.15, 0.2) is 0 Å². The normalized spacial score (nSPS) is 16.8. The third kappa shape index (κ3) is 2.01. The molecule has 1 fully saturated rings. The molecule has 0 spiro atoms. The van der Waals surface area contributed by atoms with Crippen molar-refractivity contribution in [1.29, 1.82) is 5.26 Å². The Morgan fingerprint density at radius 3 is 2.78 bits per heavy atom. The minimum Gasteiger partial charge on any atom is -0.378 e. The summed E-state index contributed by atoms with van der Waals surface area (Å²) in [6.45, 7) is 1.04. The number of aromatic nitrogens is 2. The highest BCUT2D eigenvalue weighted by molar-refractivity contribution is 7.09. The van der Waals surface area contributed by atoms with Crippen molar-refractivity contribution in [3.8, 4) is 17.3 Å². The molecular formula is C13H11N3OS. The molecule has 0 aromatic carbocycles. The second-order valence-electron chi connectivity index (χ2n) is 4.42. The van der Waals surface area contributed by atoms with Gasteiger partial charge in [-0.05, 0) is 12.1 Å². The van der Waals surface area contributed by atoms with Crippen LogP contribution in [-0.4, -0.2) is 23.2 Å². The molecule has 0 saturated carbocycles. The highest BCUT2D eigenvalue weighted by Crippen LogP contribution is 2.33. The Morgan fingerprint density at radius 2 is 2.17 bits per heavy atom. The van der Waals surface area contributed by atoms with Crippen LogP contribution >= 0.6 is 11.3 Å². The van der Waals surface area contributed by atoms with E-state index in [1.54, 1.807) is 23.7 Å². The van der Waals surface area contributed by atoms with E-state index in [0.29, 0.717) is 19.6 Å². The van der Waals surface area contributed by atoms with Crippen molar-refractivity contribution in [2.45, 2.75) is 6.42 Å². The number of pyridine rings is 1. The van der Waals surface area contributed by atoms with Gasteiger partial charge in [0.1, 0.15) is 5.41 Å². The van der Waals surface area contributed by atoms with E-state index < -0.39 is 0 Å². The molecule has 5 heteroatoms. The Morgan fingerprint density at radius 1 is 1.39 bits per heavy atom. The van der Waals surface area contributed by atoms with Crippen LogP contribution in [0.25, 0.3) is 11.3 Å². The molecule has 90 valence electrons. The molecule has 1 saturated heterocycles. The van der Waals surface area contributed by atoms with Crippen molar-refractivity contribution in [2.75, 3.05) is 13.2 Å². The lowest BCUT2D eigenvalue weighted by Gasteiger charge is -2.34. The van der Waals surface area contributed by atoms with E-state index in [1.807, 2.05) is 17.5 Å². The Kier molecular flexibility index (Phi) is 2.82. The summed E-state index contributed by atoms with van der Waals surface area (Å²) in [4.78, 5) is 8.57. The molecule has 0 N–H and O–H groups in total. The van der Waals surface area contributed by atoms with Crippen molar-refractivity contribution >= 4 is 11.3 Å². The summed E-state index contributed by atoms with van der Waals surface area (Å²) in [5, 5.41) is 12.2. The van der Waals surface area contributed by atoms with E-state index in [-0.39, 0.29) is 5.41 Å². The quantitative estimate of drug-likeness (QED) is 0.846. The van der Waals surface area contributed by atoms with E-state index >= 15 is 0 Å². The fourth-order valence-electron chi connectivity index (χ4n) is 1.89. The number of ether oxygens (including phenoxy) is 1. The molecule has 0 unspecified atom stereocenters. The maximum Gasteiger partial charge on any atom is 0.110 e. The predicted octanol–water partition coefficient (Wildman–Crippen LogP) is 2.29. The first-order valence-corrected chi connectivity index (χ1v) is 6.53. The van der Waals surface area contributed by atoms with Crippen LogP contribution in [0.1, 0.15) is 5.01 Å². The molecule has 0 atom stereocenters. The van der Waals surface area contributed by atoms with Crippen LogP contribution in [0.4, 0.5) is 0 Å². The summed E-state index contributed by atoms with van der Waals surface area (Å²) >= 11 is 1.60. The van der Waals surface area contributed by atoms with Crippen molar-refractivity contribution in [3.05, 3.63) is 34.9 Å². The smallest absolute Gasteiger partial charge is 0.110 e. The average molecular weight is 257 g/mol. The minimum atomic E-state index is -0.354. The zero-order valence-corrected chi connectivity index (χ0v) is 10.5. The van der Waals surface area contributed by atoms with Crippen LogP contribution in [0.5, 0.6) is 0 Å². The van der Waals surface area contributed by atoms with Gasteiger partial charge in [-0.25, -0.2) is 4.98 Å². The Balaban J connectivity index is 1.80. The van der Waals surface area contributed by atoms with Crippen molar-refractivity contribution in [3.63, 3.8) is 0 Å². The molecule has 0 radical (unpaired) electrons. The maximum atomic E-state index is 9.16. The zero-order valence-electron chi connectivity index (χ0n) is 9.67. The van der Waals surface area contributed by atoms with Crippen LogP contribution in [0, 0.1) is 16.7 Å². The van der Waals surface area contributed by atoms with Crippen molar-refractivity contribution < 1.29 is 4.74 Å². The molecule has 3 rings (SSSR count). The van der Waals surface area contributed by atoms with E-state index in [2.05, 4.69) is 16.0 Å². The van der Waals surface area contributed by atoms with E-state index in [0.717, 1.165) is 16.3 Å². The fourth-order valence-corrected chi connectivity index (χ4v) is 2.84. The van der Waals surface area contributed by atoms with Crippen LogP contribution in [0.15, 0.2) is 29.9 Å². The fraction of sp³-hybridized carbons (Fsp3) is 0.308. The molecule has 18 heavy (non-hydrogen) atoms. The number of nitrogens with zero attached hydrogens (tertiary/aromatic N) is 3. The lowest BCUT2D eigenvalue weighted by molar-refractivity contribution is -0.0765. The molecule has 4 nitrogen and oxygen atoms in total. The summed E-state index contributed by atoms with van der Waals surface area (Å²) in [7, 11) is 0. The second-order valence-corrected chi connectivity index (χ2v) is 5.37. The summed E-state index contributed by atoms with van der Waals surface area (Å²) in [6.07, 6.45) is 4.19. The molecule has 1 aliphatic rings. The van der Waals surface area contributed by atoms with Gasteiger partial charge in [0.25, 0.3) is 0 Å². The summed E-state index contributed by atoms with van der Waals surface area (Å²) in [6, 6.07) is 6.22. The Bertz CT molecular complexity index is 584. The standard InChI is InChI=1S/C13H11N3OS/c14-7-13(8-17-9-13)5-12-16-11(6-18-12)10-1-3-15-4-2-10/h1-4,6H,5,8-9H2. The van der Waals surface area contributed by atoms with Crippen LogP contribution in [0.3, 0.4) is 0 Å². The highest BCUT2D eigenvalue weighted by Gasteiger charge is 2.39. The van der Waals surface area contributed by atoms with E-state index in [9.17, 15) is 0 Å². The van der Waals surface area contributed by atoms with Gasteiger partial charge in [-0.15, -0.1) is 11.3 Å². The van der Waals surface area contributed by atoms with Gasteiger partial charge < -0.3 is 4.74 Å². The molecular weight excluding hydrogens is 246 g/mol. The molecule has 3 heterocycles. The molecule has 0 amide bonds. The van der Waals surface area contributed by atoms with Crippen molar-refractivity contribution in [1.82, 2.24) is 9.97 Å². The van der Waals surface area contributed by atoms with Gasteiger partial charge in [0, 0.05) is 29.8 Å². The third-order valence-electron chi connectivity index (χ3n) is 3.01. The maximum absolute atomic E-state index is 9.16. The lowest BCUT2D eigenvalue weighted by Crippen LogP contribution is -2.43. The Hall–Kier alpha value is -1.77. The van der Waals surface area contributed by atoms with Gasteiger partial charge in [0.2, 0.25) is 0 Å². The number of hydrogen-bond donors (Lipinski definition) is 0. The monoisotopic (exact) mass is 257 g/mol. The first-order valence-electron chi connectivity index (χ1n) is 5.65. The topological polar surface area (TPSA) is 58.8 Å². The zero-order chi connectivity index (χ0) is 12.4. The second kappa shape index (κ2) is 4.48.